The Bertz CT molecular complexity index is 554. The minimum Gasteiger partial charge on any atom is -0.476 e. The van der Waals surface area contributed by atoms with E-state index >= 15 is 0 Å². The van der Waals surface area contributed by atoms with Crippen molar-refractivity contribution in [3.63, 3.8) is 0 Å². The van der Waals surface area contributed by atoms with Crippen LogP contribution in [0.15, 0.2) is 24.3 Å². The van der Waals surface area contributed by atoms with E-state index in [1.807, 2.05) is 31.2 Å². The monoisotopic (exact) mass is 231 g/mol. The molecule has 88 valence electrons. The van der Waals surface area contributed by atoms with Crippen LogP contribution in [0.4, 0.5) is 5.69 Å². The predicted molar refractivity (Wildman–Crippen MR) is 65.3 cm³/mol. The number of benzene rings is 1. The molecule has 0 amide bonds. The van der Waals surface area contributed by atoms with Crippen molar-refractivity contribution in [3.8, 4) is 0 Å². The molecule has 2 rings (SSSR count). The molecule has 0 aliphatic carbocycles. The molecule has 0 unspecified atom stereocenters. The molecule has 0 spiro atoms. The first-order valence-electron chi connectivity index (χ1n) is 5.46. The Hall–Kier alpha value is -2.17. The Morgan fingerprint density at radius 1 is 1.35 bits per heavy atom. The van der Waals surface area contributed by atoms with Crippen molar-refractivity contribution < 1.29 is 9.90 Å². The Morgan fingerprint density at radius 2 is 2.12 bits per heavy atom. The maximum absolute atomic E-state index is 11.1. The smallest absolute Gasteiger partial charge is 0.358 e. The highest BCUT2D eigenvalue weighted by Crippen LogP contribution is 2.24. The Balaban J connectivity index is 2.61. The van der Waals surface area contributed by atoms with Crippen LogP contribution in [-0.2, 0) is 0 Å². The molecule has 0 bridgehead atoms. The molecule has 0 atom stereocenters. The van der Waals surface area contributed by atoms with Gasteiger partial charge in [-0.1, -0.05) is 25.1 Å². The van der Waals surface area contributed by atoms with Gasteiger partial charge in [-0.05, 0) is 12.5 Å². The molecule has 2 aromatic rings. The van der Waals surface area contributed by atoms with Gasteiger partial charge in [0, 0.05) is 11.9 Å². The number of fused-ring (bicyclic) bond motifs is 1. The first-order chi connectivity index (χ1) is 8.24. The summed E-state index contributed by atoms with van der Waals surface area (Å²) in [4.78, 5) is 11.1. The van der Waals surface area contributed by atoms with Crippen LogP contribution in [0.1, 0.15) is 23.8 Å². The van der Waals surface area contributed by atoms with Crippen LogP contribution in [0.25, 0.3) is 10.9 Å². The molecule has 2 N–H and O–H groups in total. The third-order valence-corrected chi connectivity index (χ3v) is 2.42. The molecule has 1 heterocycles. The molecule has 5 nitrogen and oxygen atoms in total. The lowest BCUT2D eigenvalue weighted by atomic mass is 10.1. The summed E-state index contributed by atoms with van der Waals surface area (Å²) in [5.41, 5.74) is 1.21. The van der Waals surface area contributed by atoms with Gasteiger partial charge in [0.05, 0.1) is 11.2 Å². The van der Waals surface area contributed by atoms with E-state index in [2.05, 4.69) is 15.5 Å². The number of hydrogen-bond donors (Lipinski definition) is 2. The second kappa shape index (κ2) is 4.78. The van der Waals surface area contributed by atoms with Gasteiger partial charge in [0.15, 0.2) is 5.69 Å². The van der Waals surface area contributed by atoms with Crippen molar-refractivity contribution in [1.29, 1.82) is 0 Å². The van der Waals surface area contributed by atoms with Crippen LogP contribution in [0.3, 0.4) is 0 Å². The van der Waals surface area contributed by atoms with E-state index in [4.69, 9.17) is 5.11 Å². The zero-order chi connectivity index (χ0) is 12.3. The molecule has 0 radical (unpaired) electrons. The third kappa shape index (κ3) is 2.18. The molecule has 1 aromatic heterocycles. The van der Waals surface area contributed by atoms with E-state index in [1.165, 1.54) is 0 Å². The van der Waals surface area contributed by atoms with Crippen LogP contribution in [0.5, 0.6) is 0 Å². The van der Waals surface area contributed by atoms with E-state index < -0.39 is 5.97 Å². The molecule has 1 aromatic carbocycles. The first kappa shape index (κ1) is 11.3. The van der Waals surface area contributed by atoms with Gasteiger partial charge < -0.3 is 10.4 Å². The highest BCUT2D eigenvalue weighted by Gasteiger charge is 2.15. The molecule has 0 saturated heterocycles. The number of carboxylic acid groups (broad SMARTS) is 1. The van der Waals surface area contributed by atoms with Crippen molar-refractivity contribution in [2.45, 2.75) is 13.3 Å². The Labute approximate surface area is 98.5 Å². The molecule has 5 heteroatoms. The lowest BCUT2D eigenvalue weighted by molar-refractivity contribution is 0.0690. The number of carbonyl (C=O) groups is 1. The van der Waals surface area contributed by atoms with Gasteiger partial charge in [-0.3, -0.25) is 0 Å². The number of rotatable bonds is 4. The molecule has 0 aliphatic heterocycles. The zero-order valence-electron chi connectivity index (χ0n) is 9.47. The first-order valence-corrected chi connectivity index (χ1v) is 5.46. The fourth-order valence-electron chi connectivity index (χ4n) is 1.63. The summed E-state index contributed by atoms with van der Waals surface area (Å²) in [6, 6.07) is 7.35. The number of aromatic carboxylic acids is 1. The number of anilines is 1. The van der Waals surface area contributed by atoms with Gasteiger partial charge in [0.1, 0.15) is 0 Å². The average Bonchev–Trinajstić information content (AvgIpc) is 2.35. The fourth-order valence-corrected chi connectivity index (χ4v) is 1.63. The highest BCUT2D eigenvalue weighted by molar-refractivity contribution is 6.02. The van der Waals surface area contributed by atoms with Crippen molar-refractivity contribution in [3.05, 3.63) is 30.0 Å². The molecular weight excluding hydrogens is 218 g/mol. The van der Waals surface area contributed by atoms with Crippen LogP contribution in [-0.4, -0.2) is 27.8 Å². The van der Waals surface area contributed by atoms with E-state index in [-0.39, 0.29) is 5.69 Å². The van der Waals surface area contributed by atoms with Crippen molar-refractivity contribution in [2.75, 3.05) is 11.9 Å². The number of nitrogens with one attached hydrogen (secondary N) is 1. The summed E-state index contributed by atoms with van der Waals surface area (Å²) in [5, 5.41) is 20.6. The van der Waals surface area contributed by atoms with Crippen LogP contribution in [0.2, 0.25) is 0 Å². The lowest BCUT2D eigenvalue weighted by Crippen LogP contribution is -2.11. The van der Waals surface area contributed by atoms with Gasteiger partial charge in [-0.2, -0.15) is 0 Å². The van der Waals surface area contributed by atoms with E-state index in [1.54, 1.807) is 0 Å². The van der Waals surface area contributed by atoms with Gasteiger partial charge in [-0.25, -0.2) is 4.79 Å². The highest BCUT2D eigenvalue weighted by atomic mass is 16.4. The average molecular weight is 231 g/mol. The molecule has 0 fully saturated rings. The molecular formula is C12H13N3O2. The van der Waals surface area contributed by atoms with Gasteiger partial charge in [-0.15, -0.1) is 10.2 Å². The van der Waals surface area contributed by atoms with Gasteiger partial charge in [0.2, 0.25) is 0 Å². The zero-order valence-corrected chi connectivity index (χ0v) is 9.47. The normalized spacial score (nSPS) is 10.4. The number of nitrogens with zero attached hydrogens (tertiary/aromatic N) is 2. The summed E-state index contributed by atoms with van der Waals surface area (Å²) in [6.07, 6.45) is 0.912. The van der Waals surface area contributed by atoms with Gasteiger partial charge >= 0.3 is 5.97 Å². The minimum absolute atomic E-state index is 0.0304. The summed E-state index contributed by atoms with van der Waals surface area (Å²) in [6.45, 7) is 2.72. The number of aromatic nitrogens is 2. The third-order valence-electron chi connectivity index (χ3n) is 2.42. The lowest BCUT2D eigenvalue weighted by Gasteiger charge is -2.10. The SMILES string of the molecule is CCCNc1c(C(=O)O)nnc2ccccc12. The summed E-state index contributed by atoms with van der Waals surface area (Å²) in [5.74, 6) is -1.07. The molecule has 17 heavy (non-hydrogen) atoms. The maximum Gasteiger partial charge on any atom is 0.358 e. The van der Waals surface area contributed by atoms with Crippen LogP contribution >= 0.6 is 0 Å². The van der Waals surface area contributed by atoms with E-state index in [9.17, 15) is 4.79 Å². The van der Waals surface area contributed by atoms with Gasteiger partial charge in [0.25, 0.3) is 0 Å². The summed E-state index contributed by atoms with van der Waals surface area (Å²) < 4.78 is 0. The summed E-state index contributed by atoms with van der Waals surface area (Å²) in [7, 11) is 0. The quantitative estimate of drug-likeness (QED) is 0.843. The molecule has 0 saturated carbocycles. The van der Waals surface area contributed by atoms with Crippen LogP contribution < -0.4 is 5.32 Å². The Morgan fingerprint density at radius 3 is 2.82 bits per heavy atom. The molecule has 0 aliphatic rings. The topological polar surface area (TPSA) is 75.1 Å². The minimum atomic E-state index is -1.07. The predicted octanol–water partition coefficient (Wildman–Crippen LogP) is 2.15. The number of carboxylic acids is 1. The van der Waals surface area contributed by atoms with Crippen molar-refractivity contribution in [1.82, 2.24) is 10.2 Å². The number of hydrogen-bond acceptors (Lipinski definition) is 4. The Kier molecular flexibility index (Phi) is 3.18. The van der Waals surface area contributed by atoms with E-state index in [0.29, 0.717) is 17.7 Å². The second-order valence-corrected chi connectivity index (χ2v) is 3.67. The fraction of sp³-hybridized carbons (Fsp3) is 0.250. The van der Waals surface area contributed by atoms with E-state index in [0.717, 1.165) is 11.8 Å². The standard InChI is InChI=1S/C12H13N3O2/c1-2-7-13-10-8-5-3-4-6-9(8)14-15-11(10)12(16)17/h3-6H,2,7H2,1H3,(H,13,14)(H,16,17). The summed E-state index contributed by atoms with van der Waals surface area (Å²) >= 11 is 0. The maximum atomic E-state index is 11.1. The van der Waals surface area contributed by atoms with Crippen molar-refractivity contribution in [2.24, 2.45) is 0 Å². The van der Waals surface area contributed by atoms with Crippen LogP contribution in [0, 0.1) is 0 Å². The largest absolute Gasteiger partial charge is 0.476 e. The van der Waals surface area contributed by atoms with Crippen molar-refractivity contribution >= 4 is 22.6 Å². The second-order valence-electron chi connectivity index (χ2n) is 3.67.